The Hall–Kier alpha value is -1.62. The number of nitrogens with one attached hydrogen (secondary N) is 1. The molecule has 1 saturated heterocycles. The summed E-state index contributed by atoms with van der Waals surface area (Å²) < 4.78 is 18.9. The van der Waals surface area contributed by atoms with Crippen molar-refractivity contribution in [1.82, 2.24) is 5.32 Å². The lowest BCUT2D eigenvalue weighted by molar-refractivity contribution is -0.123. The molecule has 4 nitrogen and oxygen atoms in total. The second-order valence-corrected chi connectivity index (χ2v) is 5.51. The highest BCUT2D eigenvalue weighted by molar-refractivity contribution is 5.97. The molecule has 0 radical (unpaired) electrons. The minimum Gasteiger partial charge on any atom is -0.487 e. The van der Waals surface area contributed by atoms with Gasteiger partial charge in [0.15, 0.2) is 0 Å². The first kappa shape index (κ1) is 13.4. The lowest BCUT2D eigenvalue weighted by atomic mass is 9.96. The van der Waals surface area contributed by atoms with Crippen molar-refractivity contribution >= 4 is 11.6 Å². The van der Waals surface area contributed by atoms with Crippen LogP contribution in [-0.4, -0.2) is 31.6 Å². The SMILES string of the molecule is C[C@H]1CN(C(=O)C2CCNCC2)c2ccc(F)cc2O1. The molecule has 0 unspecified atom stereocenters. The molecule has 1 fully saturated rings. The fourth-order valence-electron chi connectivity index (χ4n) is 2.91. The fourth-order valence-corrected chi connectivity index (χ4v) is 2.91. The third-order valence-electron chi connectivity index (χ3n) is 3.93. The van der Waals surface area contributed by atoms with Gasteiger partial charge < -0.3 is 15.0 Å². The summed E-state index contributed by atoms with van der Waals surface area (Å²) in [5.41, 5.74) is 0.688. The molecule has 0 aliphatic carbocycles. The van der Waals surface area contributed by atoms with Crippen LogP contribution in [0.25, 0.3) is 0 Å². The van der Waals surface area contributed by atoms with Gasteiger partial charge in [0, 0.05) is 12.0 Å². The molecule has 5 heteroatoms. The summed E-state index contributed by atoms with van der Waals surface area (Å²) in [6, 6.07) is 4.37. The average Bonchev–Trinajstić information content (AvgIpc) is 2.46. The molecule has 2 aliphatic heterocycles. The van der Waals surface area contributed by atoms with Gasteiger partial charge in [-0.25, -0.2) is 4.39 Å². The zero-order valence-electron chi connectivity index (χ0n) is 11.6. The number of benzene rings is 1. The summed E-state index contributed by atoms with van der Waals surface area (Å²) in [7, 11) is 0. The van der Waals surface area contributed by atoms with Crippen LogP contribution in [0.1, 0.15) is 19.8 Å². The molecule has 0 spiro atoms. The van der Waals surface area contributed by atoms with Crippen LogP contribution in [0.3, 0.4) is 0 Å². The van der Waals surface area contributed by atoms with Gasteiger partial charge in [-0.2, -0.15) is 0 Å². The monoisotopic (exact) mass is 278 g/mol. The number of carbonyl (C=O) groups is 1. The van der Waals surface area contributed by atoms with Crippen molar-refractivity contribution in [2.75, 3.05) is 24.5 Å². The number of anilines is 1. The van der Waals surface area contributed by atoms with Crippen molar-refractivity contribution in [3.8, 4) is 5.75 Å². The van der Waals surface area contributed by atoms with Crippen LogP contribution in [0.2, 0.25) is 0 Å². The normalized spacial score (nSPS) is 23.1. The number of amides is 1. The number of ether oxygens (including phenoxy) is 1. The van der Waals surface area contributed by atoms with E-state index in [0.717, 1.165) is 25.9 Å². The van der Waals surface area contributed by atoms with E-state index in [1.54, 1.807) is 11.0 Å². The molecule has 108 valence electrons. The van der Waals surface area contributed by atoms with E-state index >= 15 is 0 Å². The molecule has 1 N–H and O–H groups in total. The lowest BCUT2D eigenvalue weighted by Gasteiger charge is -2.36. The number of halogens is 1. The Morgan fingerprint density at radius 3 is 2.90 bits per heavy atom. The van der Waals surface area contributed by atoms with Gasteiger partial charge >= 0.3 is 0 Å². The van der Waals surface area contributed by atoms with Crippen LogP contribution in [0.5, 0.6) is 5.75 Å². The highest BCUT2D eigenvalue weighted by Crippen LogP contribution is 2.35. The minimum absolute atomic E-state index is 0.0550. The molecule has 1 aromatic carbocycles. The average molecular weight is 278 g/mol. The summed E-state index contributed by atoms with van der Waals surface area (Å²) in [6.07, 6.45) is 1.61. The molecule has 0 bridgehead atoms. The van der Waals surface area contributed by atoms with Crippen LogP contribution < -0.4 is 15.0 Å². The van der Waals surface area contributed by atoms with E-state index in [4.69, 9.17) is 4.74 Å². The van der Waals surface area contributed by atoms with Crippen LogP contribution in [0.15, 0.2) is 18.2 Å². The van der Waals surface area contributed by atoms with Crippen LogP contribution in [0.4, 0.5) is 10.1 Å². The molecular weight excluding hydrogens is 259 g/mol. The van der Waals surface area contributed by atoms with E-state index in [-0.39, 0.29) is 23.7 Å². The van der Waals surface area contributed by atoms with Gasteiger partial charge in [0.25, 0.3) is 0 Å². The first-order valence-corrected chi connectivity index (χ1v) is 7.13. The molecule has 2 aliphatic rings. The van der Waals surface area contributed by atoms with Gasteiger partial charge in [-0.1, -0.05) is 0 Å². The number of carbonyl (C=O) groups excluding carboxylic acids is 1. The van der Waals surface area contributed by atoms with Crippen LogP contribution >= 0.6 is 0 Å². The second-order valence-electron chi connectivity index (χ2n) is 5.51. The molecular formula is C15H19FN2O2. The van der Waals surface area contributed by atoms with Crippen molar-refractivity contribution in [2.24, 2.45) is 5.92 Å². The smallest absolute Gasteiger partial charge is 0.230 e. The summed E-state index contributed by atoms with van der Waals surface area (Å²) in [6.45, 7) is 4.19. The number of fused-ring (bicyclic) bond motifs is 1. The standard InChI is InChI=1S/C15H19FN2O2/c1-10-9-18(15(19)11-4-6-17-7-5-11)13-3-2-12(16)8-14(13)20-10/h2-3,8,10-11,17H,4-7,9H2,1H3/t10-/m0/s1. The highest BCUT2D eigenvalue weighted by Gasteiger charge is 2.32. The van der Waals surface area contributed by atoms with Gasteiger partial charge in [0.2, 0.25) is 5.91 Å². The molecule has 1 atom stereocenters. The molecule has 2 heterocycles. The van der Waals surface area contributed by atoms with E-state index in [1.807, 2.05) is 6.92 Å². The molecule has 0 saturated carbocycles. The van der Waals surface area contributed by atoms with E-state index in [9.17, 15) is 9.18 Å². The first-order valence-electron chi connectivity index (χ1n) is 7.13. The number of hydrogen-bond acceptors (Lipinski definition) is 3. The van der Waals surface area contributed by atoms with Crippen molar-refractivity contribution in [1.29, 1.82) is 0 Å². The van der Waals surface area contributed by atoms with E-state index in [2.05, 4.69) is 5.32 Å². The van der Waals surface area contributed by atoms with Crippen LogP contribution in [-0.2, 0) is 4.79 Å². The Morgan fingerprint density at radius 1 is 1.40 bits per heavy atom. The number of nitrogens with zero attached hydrogens (tertiary/aromatic N) is 1. The Kier molecular flexibility index (Phi) is 3.61. The predicted octanol–water partition coefficient (Wildman–Crippen LogP) is 1.94. The predicted molar refractivity (Wildman–Crippen MR) is 74.4 cm³/mol. The van der Waals surface area contributed by atoms with Crippen molar-refractivity contribution in [2.45, 2.75) is 25.9 Å². The van der Waals surface area contributed by atoms with Gasteiger partial charge in [-0.3, -0.25) is 4.79 Å². The van der Waals surface area contributed by atoms with Crippen molar-refractivity contribution in [3.05, 3.63) is 24.0 Å². The van der Waals surface area contributed by atoms with Gasteiger partial charge in [-0.15, -0.1) is 0 Å². The summed E-state index contributed by atoms with van der Waals surface area (Å²) in [5, 5.41) is 3.26. The maximum Gasteiger partial charge on any atom is 0.230 e. The van der Waals surface area contributed by atoms with E-state index in [0.29, 0.717) is 18.0 Å². The Balaban J connectivity index is 1.88. The van der Waals surface area contributed by atoms with E-state index in [1.165, 1.54) is 12.1 Å². The minimum atomic E-state index is -0.341. The van der Waals surface area contributed by atoms with Gasteiger partial charge in [0.05, 0.1) is 12.2 Å². The zero-order chi connectivity index (χ0) is 14.1. The zero-order valence-corrected chi connectivity index (χ0v) is 11.6. The summed E-state index contributed by atoms with van der Waals surface area (Å²) >= 11 is 0. The van der Waals surface area contributed by atoms with Crippen molar-refractivity contribution in [3.63, 3.8) is 0 Å². The quantitative estimate of drug-likeness (QED) is 0.853. The lowest BCUT2D eigenvalue weighted by Crippen LogP contribution is -2.47. The summed E-state index contributed by atoms with van der Waals surface area (Å²) in [4.78, 5) is 14.5. The fraction of sp³-hybridized carbons (Fsp3) is 0.533. The molecule has 20 heavy (non-hydrogen) atoms. The van der Waals surface area contributed by atoms with E-state index < -0.39 is 0 Å². The maximum absolute atomic E-state index is 13.3. The van der Waals surface area contributed by atoms with Gasteiger partial charge in [-0.05, 0) is 45.0 Å². The highest BCUT2D eigenvalue weighted by atomic mass is 19.1. The third kappa shape index (κ3) is 2.50. The number of rotatable bonds is 1. The second kappa shape index (κ2) is 5.40. The molecule has 0 aromatic heterocycles. The molecule has 1 aromatic rings. The Morgan fingerprint density at radius 2 is 2.15 bits per heavy atom. The van der Waals surface area contributed by atoms with Gasteiger partial charge in [0.1, 0.15) is 17.7 Å². The van der Waals surface area contributed by atoms with Crippen LogP contribution in [0, 0.1) is 11.7 Å². The topological polar surface area (TPSA) is 41.6 Å². The maximum atomic E-state index is 13.3. The number of piperidine rings is 1. The molecule has 1 amide bonds. The molecule has 3 rings (SSSR count). The largest absolute Gasteiger partial charge is 0.487 e. The Bertz CT molecular complexity index is 515. The van der Waals surface area contributed by atoms with Crippen molar-refractivity contribution < 1.29 is 13.9 Å². The third-order valence-corrected chi connectivity index (χ3v) is 3.93. The first-order chi connectivity index (χ1) is 9.65. The number of hydrogen-bond donors (Lipinski definition) is 1. The summed E-state index contributed by atoms with van der Waals surface area (Å²) in [5.74, 6) is 0.312. The Labute approximate surface area is 117 Å².